The van der Waals surface area contributed by atoms with Gasteiger partial charge in [-0.25, -0.2) is 0 Å². The number of benzene rings is 2. The smallest absolute Gasteiger partial charge is 0.252 e. The van der Waals surface area contributed by atoms with Crippen LogP contribution in [0.25, 0.3) is 0 Å². The van der Waals surface area contributed by atoms with E-state index in [1.54, 1.807) is 0 Å². The average Bonchev–Trinajstić information content (AvgIpc) is 3.16. The van der Waals surface area contributed by atoms with Crippen LogP contribution in [0.3, 0.4) is 0 Å². The maximum absolute atomic E-state index is 13.5. The molecule has 180 valence electrons. The highest BCUT2D eigenvalue weighted by Gasteiger charge is 2.43. The minimum absolute atomic E-state index is 0.153. The van der Waals surface area contributed by atoms with Gasteiger partial charge in [-0.3, -0.25) is 9.69 Å². The molecular formula is C30H38N2O2. The van der Waals surface area contributed by atoms with Crippen LogP contribution in [0, 0.1) is 0 Å². The minimum atomic E-state index is -0.153. The van der Waals surface area contributed by atoms with E-state index < -0.39 is 0 Å². The Bertz CT molecular complexity index is 979. The van der Waals surface area contributed by atoms with Gasteiger partial charge in [0.05, 0.1) is 6.10 Å². The number of carbonyl (C=O) groups excluding carboxylic acids is 1. The van der Waals surface area contributed by atoms with E-state index >= 15 is 0 Å². The number of carbonyl (C=O) groups is 1. The zero-order valence-electron chi connectivity index (χ0n) is 20.5. The molecule has 2 aromatic rings. The van der Waals surface area contributed by atoms with Gasteiger partial charge in [0, 0.05) is 31.2 Å². The summed E-state index contributed by atoms with van der Waals surface area (Å²) in [6.45, 7) is 5.32. The minimum Gasteiger partial charge on any atom is -0.351 e. The normalized spacial score (nSPS) is 22.8. The molecule has 0 N–H and O–H groups in total. The highest BCUT2D eigenvalue weighted by atomic mass is 16.5. The predicted molar refractivity (Wildman–Crippen MR) is 136 cm³/mol. The van der Waals surface area contributed by atoms with Gasteiger partial charge in [-0.05, 0) is 75.0 Å². The lowest BCUT2D eigenvalue weighted by molar-refractivity contribution is -0.146. The van der Waals surface area contributed by atoms with Crippen molar-refractivity contribution in [2.45, 2.75) is 83.2 Å². The van der Waals surface area contributed by atoms with Gasteiger partial charge < -0.3 is 9.64 Å². The van der Waals surface area contributed by atoms with Gasteiger partial charge in [0.25, 0.3) is 5.91 Å². The van der Waals surface area contributed by atoms with Crippen molar-refractivity contribution < 1.29 is 9.53 Å². The van der Waals surface area contributed by atoms with Crippen LogP contribution in [0.5, 0.6) is 0 Å². The summed E-state index contributed by atoms with van der Waals surface area (Å²) >= 11 is 0. The molecule has 3 aliphatic rings. The van der Waals surface area contributed by atoms with E-state index in [0.717, 1.165) is 70.2 Å². The Morgan fingerprint density at radius 3 is 2.26 bits per heavy atom. The molecule has 0 spiro atoms. The van der Waals surface area contributed by atoms with Crippen LogP contribution in [0.2, 0.25) is 0 Å². The fourth-order valence-corrected chi connectivity index (χ4v) is 5.84. The molecule has 1 aliphatic carbocycles. The van der Waals surface area contributed by atoms with Gasteiger partial charge in [0.15, 0.2) is 6.23 Å². The Morgan fingerprint density at radius 2 is 1.56 bits per heavy atom. The van der Waals surface area contributed by atoms with E-state index in [9.17, 15) is 4.79 Å². The summed E-state index contributed by atoms with van der Waals surface area (Å²) in [6, 6.07) is 21.5. The summed E-state index contributed by atoms with van der Waals surface area (Å²) in [5.74, 6) is 0.238. The van der Waals surface area contributed by atoms with Gasteiger partial charge in [-0.15, -0.1) is 0 Å². The summed E-state index contributed by atoms with van der Waals surface area (Å²) in [7, 11) is 0. The molecule has 4 heteroatoms. The Hall–Kier alpha value is -2.43. The Balaban J connectivity index is 1.22. The van der Waals surface area contributed by atoms with Gasteiger partial charge >= 0.3 is 0 Å². The number of amides is 1. The Kier molecular flexibility index (Phi) is 7.46. The average molecular weight is 459 g/mol. The summed E-state index contributed by atoms with van der Waals surface area (Å²) in [6.07, 6.45) is 8.33. The van der Waals surface area contributed by atoms with Crippen molar-refractivity contribution in [2.75, 3.05) is 13.1 Å². The van der Waals surface area contributed by atoms with Crippen molar-refractivity contribution in [3.8, 4) is 0 Å². The Labute approximate surface area is 204 Å². The summed E-state index contributed by atoms with van der Waals surface area (Å²) in [4.78, 5) is 18.1. The van der Waals surface area contributed by atoms with Gasteiger partial charge in [-0.1, -0.05) is 60.7 Å². The molecule has 2 aliphatic heterocycles. The first kappa shape index (κ1) is 23.3. The van der Waals surface area contributed by atoms with E-state index in [0.29, 0.717) is 0 Å². The molecule has 2 heterocycles. The number of ether oxygens (including phenoxy) is 1. The van der Waals surface area contributed by atoms with Crippen LogP contribution in [0.1, 0.15) is 63.0 Å². The van der Waals surface area contributed by atoms with Crippen molar-refractivity contribution >= 4 is 5.91 Å². The standard InChI is InChI=1S/C30H38N2O2/c1-23(16-17-24-10-4-2-5-11-24)32-29(33)27-14-8-9-15-28(27)30(32)34-26-18-20-31(21-19-26)22-25-12-6-3-7-13-25/h2-7,10-13,23,26,30H,8-9,14-22H2,1H3. The van der Waals surface area contributed by atoms with Crippen LogP contribution < -0.4 is 0 Å². The van der Waals surface area contributed by atoms with E-state index in [1.807, 2.05) is 0 Å². The summed E-state index contributed by atoms with van der Waals surface area (Å²) in [5, 5.41) is 0. The SMILES string of the molecule is CC(CCc1ccccc1)N1C(=O)C2=C(CCCC2)C1OC1CCN(Cc2ccccc2)CC1. The molecule has 4 nitrogen and oxygen atoms in total. The van der Waals surface area contributed by atoms with Crippen molar-refractivity contribution in [1.29, 1.82) is 0 Å². The van der Waals surface area contributed by atoms with Crippen molar-refractivity contribution in [3.63, 3.8) is 0 Å². The number of rotatable bonds is 8. The second-order valence-electron chi connectivity index (χ2n) is 10.2. The molecule has 2 aromatic carbocycles. The molecule has 34 heavy (non-hydrogen) atoms. The topological polar surface area (TPSA) is 32.8 Å². The maximum Gasteiger partial charge on any atom is 0.252 e. The first-order chi connectivity index (χ1) is 16.7. The number of likely N-dealkylation sites (tertiary alicyclic amines) is 1. The van der Waals surface area contributed by atoms with Crippen LogP contribution in [0.4, 0.5) is 0 Å². The molecule has 1 amide bonds. The molecule has 0 radical (unpaired) electrons. The molecule has 2 atom stereocenters. The molecule has 2 unspecified atom stereocenters. The molecule has 5 rings (SSSR count). The largest absolute Gasteiger partial charge is 0.351 e. The van der Waals surface area contributed by atoms with Crippen molar-refractivity contribution in [3.05, 3.63) is 82.9 Å². The van der Waals surface area contributed by atoms with Gasteiger partial charge in [0.1, 0.15) is 0 Å². The first-order valence-electron chi connectivity index (χ1n) is 13.2. The second kappa shape index (κ2) is 10.9. The zero-order valence-corrected chi connectivity index (χ0v) is 20.5. The third kappa shape index (κ3) is 5.29. The number of hydrogen-bond acceptors (Lipinski definition) is 3. The van der Waals surface area contributed by atoms with E-state index in [2.05, 4.69) is 77.4 Å². The number of piperidine rings is 1. The van der Waals surface area contributed by atoms with Crippen LogP contribution in [0.15, 0.2) is 71.8 Å². The van der Waals surface area contributed by atoms with Crippen molar-refractivity contribution in [2.24, 2.45) is 0 Å². The highest BCUT2D eigenvalue weighted by molar-refractivity contribution is 5.97. The zero-order chi connectivity index (χ0) is 23.3. The summed E-state index contributed by atoms with van der Waals surface area (Å²) < 4.78 is 6.80. The molecule has 0 bridgehead atoms. The fourth-order valence-electron chi connectivity index (χ4n) is 5.84. The number of hydrogen-bond donors (Lipinski definition) is 0. The lowest BCUT2D eigenvalue weighted by Crippen LogP contribution is -2.47. The van der Waals surface area contributed by atoms with Crippen LogP contribution >= 0.6 is 0 Å². The van der Waals surface area contributed by atoms with Gasteiger partial charge in [0.2, 0.25) is 0 Å². The third-order valence-corrected chi connectivity index (χ3v) is 7.83. The molecule has 1 fully saturated rings. The second-order valence-corrected chi connectivity index (χ2v) is 10.2. The number of aryl methyl sites for hydroxylation is 1. The monoisotopic (exact) mass is 458 g/mol. The Morgan fingerprint density at radius 1 is 0.912 bits per heavy atom. The quantitative estimate of drug-likeness (QED) is 0.507. The molecule has 1 saturated heterocycles. The molecular weight excluding hydrogens is 420 g/mol. The fraction of sp³-hybridized carbons (Fsp3) is 0.500. The van der Waals surface area contributed by atoms with Gasteiger partial charge in [-0.2, -0.15) is 0 Å². The third-order valence-electron chi connectivity index (χ3n) is 7.83. The number of nitrogens with zero attached hydrogens (tertiary/aromatic N) is 2. The van der Waals surface area contributed by atoms with E-state index in [1.165, 1.54) is 23.1 Å². The summed E-state index contributed by atoms with van der Waals surface area (Å²) in [5.41, 5.74) is 5.06. The van der Waals surface area contributed by atoms with Crippen LogP contribution in [-0.4, -0.2) is 47.2 Å². The highest BCUT2D eigenvalue weighted by Crippen LogP contribution is 2.39. The maximum atomic E-state index is 13.5. The lowest BCUT2D eigenvalue weighted by atomic mass is 9.93. The predicted octanol–water partition coefficient (Wildman–Crippen LogP) is 5.73. The van der Waals surface area contributed by atoms with Crippen molar-refractivity contribution in [1.82, 2.24) is 9.80 Å². The van der Waals surface area contributed by atoms with Crippen LogP contribution in [-0.2, 0) is 22.5 Å². The molecule has 0 aromatic heterocycles. The molecule has 0 saturated carbocycles. The first-order valence-corrected chi connectivity index (χ1v) is 13.2. The van der Waals surface area contributed by atoms with E-state index in [4.69, 9.17) is 4.74 Å². The lowest BCUT2D eigenvalue weighted by Gasteiger charge is -2.38. The van der Waals surface area contributed by atoms with E-state index in [-0.39, 0.29) is 24.3 Å².